The summed E-state index contributed by atoms with van der Waals surface area (Å²) >= 11 is 0. The van der Waals surface area contributed by atoms with E-state index in [0.29, 0.717) is 32.2 Å². The molecule has 1 aliphatic heterocycles. The summed E-state index contributed by atoms with van der Waals surface area (Å²) in [7, 11) is 1.63. The predicted molar refractivity (Wildman–Crippen MR) is 80.6 cm³/mol. The zero-order chi connectivity index (χ0) is 16.9. The second-order valence-corrected chi connectivity index (χ2v) is 5.11. The minimum atomic E-state index is -0.450. The van der Waals surface area contributed by atoms with Crippen LogP contribution in [0.5, 0.6) is 5.88 Å². The van der Waals surface area contributed by atoms with Gasteiger partial charge in [-0.2, -0.15) is 5.10 Å². The summed E-state index contributed by atoms with van der Waals surface area (Å²) in [6, 6.07) is 2.97. The highest BCUT2D eigenvalue weighted by Crippen LogP contribution is 2.14. The van der Waals surface area contributed by atoms with Crippen LogP contribution in [0.25, 0.3) is 0 Å². The molecule has 24 heavy (non-hydrogen) atoms. The lowest BCUT2D eigenvalue weighted by Crippen LogP contribution is -2.43. The number of aromatic nitrogens is 3. The van der Waals surface area contributed by atoms with Crippen molar-refractivity contribution in [2.75, 3.05) is 38.2 Å². The number of anilines is 1. The van der Waals surface area contributed by atoms with Gasteiger partial charge < -0.3 is 24.2 Å². The first kappa shape index (κ1) is 16.0. The van der Waals surface area contributed by atoms with Crippen LogP contribution in [-0.4, -0.2) is 64.6 Å². The fourth-order valence-electron chi connectivity index (χ4n) is 2.19. The lowest BCUT2D eigenvalue weighted by molar-refractivity contribution is -0.137. The summed E-state index contributed by atoms with van der Waals surface area (Å²) in [5, 5.41) is 10.2. The number of rotatable bonds is 5. The number of nitrogens with one attached hydrogen (secondary N) is 1. The van der Waals surface area contributed by atoms with E-state index in [-0.39, 0.29) is 24.0 Å². The fourth-order valence-corrected chi connectivity index (χ4v) is 2.19. The van der Waals surface area contributed by atoms with Crippen molar-refractivity contribution in [2.45, 2.75) is 0 Å². The van der Waals surface area contributed by atoms with Crippen LogP contribution in [0, 0.1) is 0 Å². The van der Waals surface area contributed by atoms with Gasteiger partial charge in [0.05, 0.1) is 13.2 Å². The number of nitrogens with zero attached hydrogens (tertiary/aromatic N) is 4. The maximum Gasteiger partial charge on any atom is 0.277 e. The van der Waals surface area contributed by atoms with Gasteiger partial charge in [0.25, 0.3) is 11.8 Å². The number of carbonyl (C=O) groups is 2. The van der Waals surface area contributed by atoms with Gasteiger partial charge in [0, 0.05) is 32.3 Å². The van der Waals surface area contributed by atoms with Crippen LogP contribution in [0.3, 0.4) is 0 Å². The van der Waals surface area contributed by atoms with Crippen LogP contribution >= 0.6 is 0 Å². The molecule has 10 heteroatoms. The van der Waals surface area contributed by atoms with Crippen molar-refractivity contribution in [1.82, 2.24) is 19.8 Å². The van der Waals surface area contributed by atoms with E-state index in [4.69, 9.17) is 9.47 Å². The second-order valence-electron chi connectivity index (χ2n) is 5.11. The molecule has 3 rings (SSSR count). The van der Waals surface area contributed by atoms with Gasteiger partial charge in [-0.1, -0.05) is 5.16 Å². The number of morpholine rings is 1. The highest BCUT2D eigenvalue weighted by molar-refractivity contribution is 6.02. The maximum atomic E-state index is 12.1. The number of ether oxygens (including phenoxy) is 2. The van der Waals surface area contributed by atoms with Gasteiger partial charge in [-0.15, -0.1) is 0 Å². The molecule has 2 aromatic heterocycles. The Morgan fingerprint density at radius 2 is 2.17 bits per heavy atom. The lowest BCUT2D eigenvalue weighted by Gasteiger charge is -2.26. The molecule has 3 heterocycles. The molecular formula is C14H17N5O5. The molecule has 0 unspecified atom stereocenters. The monoisotopic (exact) mass is 335 g/mol. The Bertz CT molecular complexity index is 705. The zero-order valence-corrected chi connectivity index (χ0v) is 13.1. The van der Waals surface area contributed by atoms with E-state index in [9.17, 15) is 9.59 Å². The van der Waals surface area contributed by atoms with E-state index in [0.717, 1.165) is 0 Å². The molecule has 1 saturated heterocycles. The second kappa shape index (κ2) is 7.13. The molecule has 10 nitrogen and oxygen atoms in total. The van der Waals surface area contributed by atoms with Gasteiger partial charge in [0.1, 0.15) is 6.26 Å². The summed E-state index contributed by atoms with van der Waals surface area (Å²) < 4.78 is 16.7. The Labute approximate surface area is 137 Å². The molecule has 0 radical (unpaired) electrons. The van der Waals surface area contributed by atoms with Crippen molar-refractivity contribution >= 4 is 17.6 Å². The molecule has 0 aromatic carbocycles. The van der Waals surface area contributed by atoms with Crippen molar-refractivity contribution < 1.29 is 23.6 Å². The average molecular weight is 335 g/mol. The van der Waals surface area contributed by atoms with E-state index in [1.165, 1.54) is 23.1 Å². The largest absolute Gasteiger partial charge is 0.468 e. The summed E-state index contributed by atoms with van der Waals surface area (Å²) in [4.78, 5) is 25.8. The molecule has 0 aliphatic carbocycles. The van der Waals surface area contributed by atoms with Crippen molar-refractivity contribution in [1.29, 1.82) is 0 Å². The smallest absolute Gasteiger partial charge is 0.277 e. The Balaban J connectivity index is 1.57. The van der Waals surface area contributed by atoms with Crippen LogP contribution in [0.2, 0.25) is 0 Å². The molecule has 2 aromatic rings. The minimum absolute atomic E-state index is 0.121. The van der Waals surface area contributed by atoms with Crippen LogP contribution < -0.4 is 10.1 Å². The first-order valence-electron chi connectivity index (χ1n) is 7.37. The van der Waals surface area contributed by atoms with E-state index < -0.39 is 5.91 Å². The molecule has 0 spiro atoms. The number of amides is 2. The van der Waals surface area contributed by atoms with Crippen LogP contribution in [0.4, 0.5) is 5.82 Å². The first-order chi connectivity index (χ1) is 11.6. The highest BCUT2D eigenvalue weighted by Gasteiger charge is 2.19. The summed E-state index contributed by atoms with van der Waals surface area (Å²) in [5.41, 5.74) is 0.148. The Morgan fingerprint density at radius 3 is 2.88 bits per heavy atom. The van der Waals surface area contributed by atoms with Crippen molar-refractivity contribution in [3.63, 3.8) is 0 Å². The molecule has 0 atom stereocenters. The SMILES string of the molecule is Cn1nc(C(=O)Nc2ccon2)cc1OCC(=O)N1CCOCC1. The van der Waals surface area contributed by atoms with Gasteiger partial charge in [0.15, 0.2) is 18.1 Å². The van der Waals surface area contributed by atoms with Crippen LogP contribution in [-0.2, 0) is 16.6 Å². The van der Waals surface area contributed by atoms with E-state index in [1.807, 2.05) is 0 Å². The van der Waals surface area contributed by atoms with E-state index >= 15 is 0 Å². The number of hydrogen-bond acceptors (Lipinski definition) is 7. The zero-order valence-electron chi connectivity index (χ0n) is 13.1. The summed E-state index contributed by atoms with van der Waals surface area (Å²) in [6.07, 6.45) is 1.35. The third kappa shape index (κ3) is 3.71. The Hall–Kier alpha value is -2.88. The number of carbonyl (C=O) groups excluding carboxylic acids is 2. The Kier molecular flexibility index (Phi) is 4.75. The number of hydrogen-bond donors (Lipinski definition) is 1. The van der Waals surface area contributed by atoms with Crippen molar-refractivity contribution in [3.05, 3.63) is 24.1 Å². The van der Waals surface area contributed by atoms with Crippen LogP contribution in [0.15, 0.2) is 22.9 Å². The maximum absolute atomic E-state index is 12.1. The molecule has 128 valence electrons. The molecule has 1 N–H and O–H groups in total. The fraction of sp³-hybridized carbons (Fsp3) is 0.429. The molecule has 1 aliphatic rings. The van der Waals surface area contributed by atoms with Gasteiger partial charge in [0.2, 0.25) is 5.88 Å². The average Bonchev–Trinajstić information content (AvgIpc) is 3.23. The third-order valence-electron chi connectivity index (χ3n) is 3.46. The normalized spacial score (nSPS) is 14.5. The van der Waals surface area contributed by atoms with Crippen molar-refractivity contribution in [3.8, 4) is 5.88 Å². The highest BCUT2D eigenvalue weighted by atomic mass is 16.5. The van der Waals surface area contributed by atoms with Gasteiger partial charge in [-0.05, 0) is 0 Å². The van der Waals surface area contributed by atoms with E-state index in [1.54, 1.807) is 11.9 Å². The molecule has 0 saturated carbocycles. The lowest BCUT2D eigenvalue weighted by atomic mass is 10.4. The topological polar surface area (TPSA) is 112 Å². The van der Waals surface area contributed by atoms with Gasteiger partial charge in [-0.25, -0.2) is 4.68 Å². The number of aryl methyl sites for hydroxylation is 1. The van der Waals surface area contributed by atoms with Gasteiger partial charge >= 0.3 is 0 Å². The Morgan fingerprint density at radius 1 is 1.38 bits per heavy atom. The van der Waals surface area contributed by atoms with Gasteiger partial charge in [-0.3, -0.25) is 9.59 Å². The summed E-state index contributed by atoms with van der Waals surface area (Å²) in [5.74, 6) is 0.0273. The predicted octanol–water partition coefficient (Wildman–Crippen LogP) is -0.102. The van der Waals surface area contributed by atoms with Crippen molar-refractivity contribution in [2.24, 2.45) is 7.05 Å². The first-order valence-corrected chi connectivity index (χ1v) is 7.37. The molecule has 1 fully saturated rings. The molecule has 0 bridgehead atoms. The summed E-state index contributed by atoms with van der Waals surface area (Å²) in [6.45, 7) is 2.05. The third-order valence-corrected chi connectivity index (χ3v) is 3.46. The minimum Gasteiger partial charge on any atom is -0.468 e. The van der Waals surface area contributed by atoms with Crippen LogP contribution in [0.1, 0.15) is 10.5 Å². The standard InChI is InChI=1S/C14H17N5O5/c1-18-13(23-9-12(20)19-3-6-22-7-4-19)8-10(16-18)14(21)15-11-2-5-24-17-11/h2,5,8H,3-4,6-7,9H2,1H3,(H,15,17,21). The molecular weight excluding hydrogens is 318 g/mol. The molecule has 2 amide bonds. The quantitative estimate of drug-likeness (QED) is 0.812. The van der Waals surface area contributed by atoms with E-state index in [2.05, 4.69) is 20.1 Å².